The second kappa shape index (κ2) is 6.32. The Morgan fingerprint density at radius 1 is 1.52 bits per heavy atom. The van der Waals surface area contributed by atoms with Gasteiger partial charge in [-0.25, -0.2) is 14.2 Å². The highest BCUT2D eigenvalue weighted by Crippen LogP contribution is 2.35. The van der Waals surface area contributed by atoms with Gasteiger partial charge in [-0.15, -0.1) is 0 Å². The smallest absolute Gasteiger partial charge is 0.338 e. The maximum Gasteiger partial charge on any atom is 0.338 e. The Balaban J connectivity index is 2.63. The zero-order valence-corrected chi connectivity index (χ0v) is 13.8. The zero-order valence-electron chi connectivity index (χ0n) is 11.6. The van der Waals surface area contributed by atoms with Crippen LogP contribution in [0, 0.1) is 26.4 Å². The van der Waals surface area contributed by atoms with Crippen LogP contribution in [0.1, 0.15) is 15.9 Å². The van der Waals surface area contributed by atoms with Gasteiger partial charge in [-0.3, -0.25) is 10.1 Å². The molecule has 0 saturated carbocycles. The van der Waals surface area contributed by atoms with Gasteiger partial charge >= 0.3 is 5.97 Å². The molecule has 0 amide bonds. The Bertz CT molecular complexity index is 828. The standard InChI is InChI=1S/C13H10FIN4O4/c1-5-2-6(15)4-17-12(5)18-11-7(13(20)21)3-8(19(22)23)10(16)9(11)14/h2-4H,16H2,1H3,(H,17,18)(H,20,21). The molecule has 8 nitrogen and oxygen atoms in total. The monoisotopic (exact) mass is 432 g/mol. The van der Waals surface area contributed by atoms with Crippen LogP contribution in [0.5, 0.6) is 0 Å². The molecule has 0 aliphatic heterocycles. The predicted molar refractivity (Wildman–Crippen MR) is 89.4 cm³/mol. The first-order chi connectivity index (χ1) is 10.7. The Labute approximate surface area is 142 Å². The SMILES string of the molecule is Cc1cc(I)cnc1Nc1c(C(=O)O)cc([N+](=O)[O-])c(N)c1F. The third-order valence-electron chi connectivity index (χ3n) is 3.00. The van der Waals surface area contributed by atoms with Gasteiger partial charge in [0.15, 0.2) is 5.82 Å². The molecule has 0 saturated heterocycles. The van der Waals surface area contributed by atoms with Crippen LogP contribution in [-0.2, 0) is 0 Å². The molecule has 0 aliphatic rings. The molecule has 0 fully saturated rings. The van der Waals surface area contributed by atoms with Crippen LogP contribution >= 0.6 is 22.6 Å². The Hall–Kier alpha value is -2.50. The minimum Gasteiger partial charge on any atom is -0.478 e. The van der Waals surface area contributed by atoms with Crippen LogP contribution in [0.15, 0.2) is 18.3 Å². The topological polar surface area (TPSA) is 131 Å². The molecular formula is C13H10FIN4O4. The van der Waals surface area contributed by atoms with Crippen molar-refractivity contribution in [1.29, 1.82) is 0 Å². The molecule has 1 heterocycles. The van der Waals surface area contributed by atoms with E-state index in [4.69, 9.17) is 5.73 Å². The van der Waals surface area contributed by atoms with Crippen LogP contribution in [0.25, 0.3) is 0 Å². The Kier molecular flexibility index (Phi) is 4.63. The highest BCUT2D eigenvalue weighted by atomic mass is 127. The number of hydrogen-bond acceptors (Lipinski definition) is 6. The first-order valence-corrected chi connectivity index (χ1v) is 7.19. The fourth-order valence-corrected chi connectivity index (χ4v) is 2.49. The summed E-state index contributed by atoms with van der Waals surface area (Å²) in [5, 5.41) is 22.6. The molecule has 120 valence electrons. The number of anilines is 3. The van der Waals surface area contributed by atoms with Gasteiger partial charge in [-0.05, 0) is 41.1 Å². The van der Waals surface area contributed by atoms with E-state index in [9.17, 15) is 24.4 Å². The van der Waals surface area contributed by atoms with E-state index in [1.807, 2.05) is 22.6 Å². The van der Waals surface area contributed by atoms with Crippen molar-refractivity contribution in [2.45, 2.75) is 6.92 Å². The molecule has 0 atom stereocenters. The number of aromatic nitrogens is 1. The maximum atomic E-state index is 14.4. The number of aryl methyl sites for hydroxylation is 1. The molecule has 0 aliphatic carbocycles. The summed E-state index contributed by atoms with van der Waals surface area (Å²) in [6.45, 7) is 1.70. The number of nitro benzene ring substituents is 1. The molecule has 10 heteroatoms. The van der Waals surface area contributed by atoms with Gasteiger partial charge in [0, 0.05) is 15.8 Å². The van der Waals surface area contributed by atoms with Gasteiger partial charge in [-0.2, -0.15) is 0 Å². The van der Waals surface area contributed by atoms with E-state index in [2.05, 4.69) is 10.3 Å². The van der Waals surface area contributed by atoms with E-state index < -0.39 is 39.3 Å². The summed E-state index contributed by atoms with van der Waals surface area (Å²) in [5.74, 6) is -2.52. The lowest BCUT2D eigenvalue weighted by Crippen LogP contribution is -2.11. The van der Waals surface area contributed by atoms with Crippen LogP contribution in [0.2, 0.25) is 0 Å². The molecule has 0 unspecified atom stereocenters. The number of nitro groups is 1. The fraction of sp³-hybridized carbons (Fsp3) is 0.0769. The number of aromatic carboxylic acids is 1. The molecule has 0 radical (unpaired) electrons. The quantitative estimate of drug-likeness (QED) is 0.293. The van der Waals surface area contributed by atoms with Crippen molar-refractivity contribution in [2.24, 2.45) is 0 Å². The van der Waals surface area contributed by atoms with Crippen molar-refractivity contribution in [3.8, 4) is 0 Å². The first kappa shape index (κ1) is 16.9. The lowest BCUT2D eigenvalue weighted by atomic mass is 10.1. The van der Waals surface area contributed by atoms with Crippen LogP contribution in [0.4, 0.5) is 27.3 Å². The van der Waals surface area contributed by atoms with Gasteiger partial charge in [-0.1, -0.05) is 0 Å². The van der Waals surface area contributed by atoms with E-state index >= 15 is 0 Å². The summed E-state index contributed by atoms with van der Waals surface area (Å²) in [6.07, 6.45) is 1.50. The number of carbonyl (C=O) groups is 1. The molecule has 2 rings (SSSR count). The number of benzene rings is 1. The minimum atomic E-state index is -1.53. The van der Waals surface area contributed by atoms with Crippen LogP contribution in [0.3, 0.4) is 0 Å². The second-order valence-corrected chi connectivity index (χ2v) is 5.80. The summed E-state index contributed by atoms with van der Waals surface area (Å²) in [7, 11) is 0. The number of pyridine rings is 1. The van der Waals surface area contributed by atoms with Gasteiger partial charge in [0.25, 0.3) is 5.69 Å². The summed E-state index contributed by atoms with van der Waals surface area (Å²) in [5.41, 5.74) is 3.41. The summed E-state index contributed by atoms with van der Waals surface area (Å²) in [6, 6.07) is 2.47. The van der Waals surface area contributed by atoms with E-state index in [-0.39, 0.29) is 5.82 Å². The highest BCUT2D eigenvalue weighted by molar-refractivity contribution is 14.1. The molecular weight excluding hydrogens is 422 g/mol. The van der Waals surface area contributed by atoms with Crippen molar-refractivity contribution in [3.63, 3.8) is 0 Å². The van der Waals surface area contributed by atoms with Crippen LogP contribution < -0.4 is 11.1 Å². The maximum absolute atomic E-state index is 14.4. The molecule has 0 bridgehead atoms. The number of carboxylic acids is 1. The Morgan fingerprint density at radius 3 is 2.70 bits per heavy atom. The number of nitrogens with one attached hydrogen (secondary N) is 1. The number of nitrogens with two attached hydrogens (primary N) is 1. The van der Waals surface area contributed by atoms with Gasteiger partial charge in [0.1, 0.15) is 11.5 Å². The van der Waals surface area contributed by atoms with Crippen molar-refractivity contribution in [3.05, 3.63) is 49.0 Å². The number of hydrogen-bond donors (Lipinski definition) is 3. The fourth-order valence-electron chi connectivity index (χ4n) is 1.88. The third-order valence-corrected chi connectivity index (χ3v) is 3.59. The van der Waals surface area contributed by atoms with Crippen LogP contribution in [-0.4, -0.2) is 21.0 Å². The third kappa shape index (κ3) is 3.31. The Morgan fingerprint density at radius 2 is 2.17 bits per heavy atom. The zero-order chi connectivity index (χ0) is 17.3. The molecule has 1 aromatic heterocycles. The minimum absolute atomic E-state index is 0.222. The van der Waals surface area contributed by atoms with Crippen molar-refractivity contribution in [2.75, 3.05) is 11.1 Å². The first-order valence-electron chi connectivity index (χ1n) is 6.11. The molecule has 4 N–H and O–H groups in total. The lowest BCUT2D eigenvalue weighted by Gasteiger charge is -2.13. The van der Waals surface area contributed by atoms with Gasteiger partial charge in [0.05, 0.1) is 16.2 Å². The largest absolute Gasteiger partial charge is 0.478 e. The van der Waals surface area contributed by atoms with E-state index in [1.165, 1.54) is 6.20 Å². The second-order valence-electron chi connectivity index (χ2n) is 4.55. The number of nitrogens with zero attached hydrogens (tertiary/aromatic N) is 2. The summed E-state index contributed by atoms with van der Waals surface area (Å²) < 4.78 is 15.2. The lowest BCUT2D eigenvalue weighted by molar-refractivity contribution is -0.384. The predicted octanol–water partition coefficient (Wildman–Crippen LogP) is 3.07. The molecule has 0 spiro atoms. The average Bonchev–Trinajstić information content (AvgIpc) is 2.45. The van der Waals surface area contributed by atoms with Gasteiger partial charge in [0.2, 0.25) is 0 Å². The van der Waals surface area contributed by atoms with E-state index in [0.717, 1.165) is 3.57 Å². The van der Waals surface area contributed by atoms with E-state index in [1.54, 1.807) is 13.0 Å². The molecule has 1 aromatic carbocycles. The molecule has 23 heavy (non-hydrogen) atoms. The number of rotatable bonds is 4. The van der Waals surface area contributed by atoms with Crippen molar-refractivity contribution < 1.29 is 19.2 Å². The number of nitrogen functional groups attached to an aromatic ring is 1. The number of carboxylic acid groups (broad SMARTS) is 1. The van der Waals surface area contributed by atoms with Gasteiger partial charge < -0.3 is 16.2 Å². The average molecular weight is 432 g/mol. The molecule has 2 aromatic rings. The van der Waals surface area contributed by atoms with E-state index in [0.29, 0.717) is 11.6 Å². The normalized spacial score (nSPS) is 10.4. The highest BCUT2D eigenvalue weighted by Gasteiger charge is 2.26. The van der Waals surface area contributed by atoms with Crippen molar-refractivity contribution in [1.82, 2.24) is 4.98 Å². The number of halogens is 2. The summed E-state index contributed by atoms with van der Waals surface area (Å²) >= 11 is 2.04. The van der Waals surface area contributed by atoms with Crippen molar-refractivity contribution >= 4 is 51.4 Å². The summed E-state index contributed by atoms with van der Waals surface area (Å²) in [4.78, 5) is 25.2.